The minimum Gasteiger partial charge on any atom is -0.367 e. The van der Waals surface area contributed by atoms with E-state index in [0.717, 1.165) is 19.6 Å². The molecule has 5 nitrogen and oxygen atoms in total. The molecular weight excluding hydrogens is 312 g/mol. The number of aromatic nitrogens is 2. The molecule has 0 radical (unpaired) electrons. The van der Waals surface area contributed by atoms with Crippen molar-refractivity contribution >= 4 is 23.2 Å². The van der Waals surface area contributed by atoms with Crippen molar-refractivity contribution in [2.45, 2.75) is 26.4 Å². The quantitative estimate of drug-likeness (QED) is 0.867. The smallest absolute Gasteiger partial charge is 0.244 e. The van der Waals surface area contributed by atoms with Crippen LogP contribution in [0, 0.1) is 6.92 Å². The number of aryl methyl sites for hydroxylation is 1. The molecule has 1 fully saturated rings. The van der Waals surface area contributed by atoms with Gasteiger partial charge in [0, 0.05) is 37.6 Å². The second-order valence-corrected chi connectivity index (χ2v) is 6.46. The number of amides is 1. The van der Waals surface area contributed by atoms with Gasteiger partial charge in [0.05, 0.1) is 11.2 Å². The average molecular weight is 333 g/mol. The maximum Gasteiger partial charge on any atom is 0.244 e. The molecule has 1 aliphatic heterocycles. The van der Waals surface area contributed by atoms with Crippen LogP contribution in [-0.2, 0) is 11.3 Å². The Kier molecular flexibility index (Phi) is 4.57. The topological polar surface area (TPSA) is 41.4 Å². The molecule has 0 spiro atoms. The van der Waals surface area contributed by atoms with E-state index in [4.69, 9.17) is 11.6 Å². The van der Waals surface area contributed by atoms with Crippen LogP contribution in [0.15, 0.2) is 36.7 Å². The molecule has 1 saturated heterocycles. The Morgan fingerprint density at radius 3 is 2.78 bits per heavy atom. The maximum atomic E-state index is 12.5. The molecule has 0 N–H and O–H groups in total. The van der Waals surface area contributed by atoms with Gasteiger partial charge >= 0.3 is 0 Å². The number of anilines is 1. The lowest BCUT2D eigenvalue weighted by Gasteiger charge is -2.41. The maximum absolute atomic E-state index is 12.5. The molecule has 23 heavy (non-hydrogen) atoms. The highest BCUT2D eigenvalue weighted by molar-refractivity contribution is 6.30. The number of hydrogen-bond donors (Lipinski definition) is 0. The molecule has 0 aliphatic carbocycles. The molecule has 1 amide bonds. The standard InChI is InChI=1S/C17H21ClN4O/c1-13-5-3-4-6-16(13)20-7-8-22(14(2)10-20)17(23)12-21-11-15(18)9-19-21/h3-6,9,11,14H,7-8,10,12H2,1-2H3. The van der Waals surface area contributed by atoms with Gasteiger partial charge in [-0.2, -0.15) is 5.10 Å². The second kappa shape index (κ2) is 6.62. The van der Waals surface area contributed by atoms with Crippen molar-refractivity contribution in [3.8, 4) is 0 Å². The first-order valence-electron chi connectivity index (χ1n) is 7.82. The highest BCUT2D eigenvalue weighted by Gasteiger charge is 2.28. The number of carbonyl (C=O) groups is 1. The Balaban J connectivity index is 1.64. The average Bonchev–Trinajstić information content (AvgIpc) is 2.92. The molecular formula is C17H21ClN4O. The van der Waals surface area contributed by atoms with E-state index in [1.54, 1.807) is 17.1 Å². The molecule has 1 aliphatic rings. The fraction of sp³-hybridized carbons (Fsp3) is 0.412. The normalized spacial score (nSPS) is 18.3. The van der Waals surface area contributed by atoms with Crippen LogP contribution in [0.3, 0.4) is 0 Å². The van der Waals surface area contributed by atoms with Gasteiger partial charge in [-0.25, -0.2) is 0 Å². The summed E-state index contributed by atoms with van der Waals surface area (Å²) in [6.07, 6.45) is 3.22. The van der Waals surface area contributed by atoms with Crippen LogP contribution in [0.1, 0.15) is 12.5 Å². The molecule has 6 heteroatoms. The third kappa shape index (κ3) is 3.50. The Morgan fingerprint density at radius 1 is 1.35 bits per heavy atom. The molecule has 122 valence electrons. The van der Waals surface area contributed by atoms with Gasteiger partial charge in [-0.15, -0.1) is 0 Å². The van der Waals surface area contributed by atoms with Crippen LogP contribution >= 0.6 is 11.6 Å². The van der Waals surface area contributed by atoms with Gasteiger partial charge in [0.1, 0.15) is 6.54 Å². The predicted octanol–water partition coefficient (Wildman–Crippen LogP) is 2.58. The fourth-order valence-corrected chi connectivity index (χ4v) is 3.28. The van der Waals surface area contributed by atoms with E-state index in [0.29, 0.717) is 5.02 Å². The molecule has 1 atom stereocenters. The Bertz CT molecular complexity index is 699. The molecule has 0 saturated carbocycles. The highest BCUT2D eigenvalue weighted by atomic mass is 35.5. The lowest BCUT2D eigenvalue weighted by molar-refractivity contribution is -0.134. The number of nitrogens with zero attached hydrogens (tertiary/aromatic N) is 4. The summed E-state index contributed by atoms with van der Waals surface area (Å²) in [7, 11) is 0. The number of hydrogen-bond acceptors (Lipinski definition) is 3. The van der Waals surface area contributed by atoms with E-state index in [1.807, 2.05) is 4.90 Å². The molecule has 1 aromatic carbocycles. The lowest BCUT2D eigenvalue weighted by Crippen LogP contribution is -2.55. The first kappa shape index (κ1) is 15.9. The van der Waals surface area contributed by atoms with Gasteiger partial charge in [0.2, 0.25) is 5.91 Å². The van der Waals surface area contributed by atoms with Crippen molar-refractivity contribution in [2.75, 3.05) is 24.5 Å². The Hall–Kier alpha value is -2.01. The van der Waals surface area contributed by atoms with E-state index < -0.39 is 0 Å². The molecule has 0 bridgehead atoms. The van der Waals surface area contributed by atoms with Crippen LogP contribution < -0.4 is 4.90 Å². The number of rotatable bonds is 3. The monoisotopic (exact) mass is 332 g/mol. The van der Waals surface area contributed by atoms with Crippen molar-refractivity contribution in [1.29, 1.82) is 0 Å². The van der Waals surface area contributed by atoms with Crippen molar-refractivity contribution in [1.82, 2.24) is 14.7 Å². The largest absolute Gasteiger partial charge is 0.367 e. The summed E-state index contributed by atoms with van der Waals surface area (Å²) < 4.78 is 1.59. The van der Waals surface area contributed by atoms with Crippen LogP contribution in [0.25, 0.3) is 0 Å². The molecule has 1 unspecified atom stereocenters. The highest BCUT2D eigenvalue weighted by Crippen LogP contribution is 2.23. The number of para-hydroxylation sites is 1. The first-order valence-corrected chi connectivity index (χ1v) is 8.20. The van der Waals surface area contributed by atoms with Gasteiger partial charge in [0.15, 0.2) is 0 Å². The molecule has 2 aromatic rings. The van der Waals surface area contributed by atoms with Crippen LogP contribution in [0.4, 0.5) is 5.69 Å². The van der Waals surface area contributed by atoms with Crippen molar-refractivity contribution in [3.05, 3.63) is 47.2 Å². The Labute approximate surface area is 141 Å². The molecule has 1 aromatic heterocycles. The number of carbonyl (C=O) groups excluding carboxylic acids is 1. The summed E-state index contributed by atoms with van der Waals surface area (Å²) in [6.45, 7) is 6.87. The van der Waals surface area contributed by atoms with Crippen LogP contribution in [-0.4, -0.2) is 46.3 Å². The minimum absolute atomic E-state index is 0.0849. The minimum atomic E-state index is 0.0849. The number of benzene rings is 1. The van der Waals surface area contributed by atoms with Gasteiger partial charge < -0.3 is 9.80 Å². The molecule has 3 rings (SSSR count). The summed E-state index contributed by atoms with van der Waals surface area (Å²) in [6, 6.07) is 8.55. The van der Waals surface area contributed by atoms with Crippen molar-refractivity contribution in [2.24, 2.45) is 0 Å². The summed E-state index contributed by atoms with van der Waals surface area (Å²) in [5, 5.41) is 4.63. The predicted molar refractivity (Wildman–Crippen MR) is 91.8 cm³/mol. The van der Waals surface area contributed by atoms with E-state index >= 15 is 0 Å². The fourth-order valence-electron chi connectivity index (χ4n) is 3.12. The van der Waals surface area contributed by atoms with E-state index in [2.05, 4.69) is 48.1 Å². The second-order valence-electron chi connectivity index (χ2n) is 6.02. The Morgan fingerprint density at radius 2 is 2.13 bits per heavy atom. The van der Waals surface area contributed by atoms with Gasteiger partial charge in [-0.3, -0.25) is 9.48 Å². The van der Waals surface area contributed by atoms with Gasteiger partial charge in [-0.1, -0.05) is 29.8 Å². The zero-order chi connectivity index (χ0) is 16.4. The lowest BCUT2D eigenvalue weighted by atomic mass is 10.1. The van der Waals surface area contributed by atoms with E-state index in [-0.39, 0.29) is 18.5 Å². The SMILES string of the molecule is Cc1ccccc1N1CCN(C(=O)Cn2cc(Cl)cn2)C(C)C1. The zero-order valence-electron chi connectivity index (χ0n) is 13.4. The zero-order valence-corrected chi connectivity index (χ0v) is 14.2. The third-order valence-electron chi connectivity index (χ3n) is 4.30. The first-order chi connectivity index (χ1) is 11.0. The summed E-state index contributed by atoms with van der Waals surface area (Å²) in [4.78, 5) is 16.8. The van der Waals surface area contributed by atoms with Gasteiger partial charge in [-0.05, 0) is 25.5 Å². The van der Waals surface area contributed by atoms with Gasteiger partial charge in [0.25, 0.3) is 0 Å². The third-order valence-corrected chi connectivity index (χ3v) is 4.50. The summed E-state index contributed by atoms with van der Waals surface area (Å²) in [5.74, 6) is 0.0849. The number of halogens is 1. The van der Waals surface area contributed by atoms with Crippen molar-refractivity contribution in [3.63, 3.8) is 0 Å². The molecule has 2 heterocycles. The van der Waals surface area contributed by atoms with E-state index in [9.17, 15) is 4.79 Å². The van der Waals surface area contributed by atoms with Crippen molar-refractivity contribution < 1.29 is 4.79 Å². The summed E-state index contributed by atoms with van der Waals surface area (Å²) in [5.41, 5.74) is 2.52. The van der Waals surface area contributed by atoms with E-state index in [1.165, 1.54) is 11.3 Å². The number of piperazine rings is 1. The summed E-state index contributed by atoms with van der Waals surface area (Å²) >= 11 is 5.85. The van der Waals surface area contributed by atoms with Crippen LogP contribution in [0.2, 0.25) is 5.02 Å². The van der Waals surface area contributed by atoms with Crippen LogP contribution in [0.5, 0.6) is 0 Å².